The first-order valence-electron chi connectivity index (χ1n) is 7.82. The first kappa shape index (κ1) is 16.9. The first-order valence-corrected chi connectivity index (χ1v) is 10.1. The Morgan fingerprint density at radius 3 is 2.71 bits per heavy atom. The molecule has 1 aromatic heterocycles. The number of rotatable bonds is 8. The van der Waals surface area contributed by atoms with Crippen molar-refractivity contribution < 1.29 is 8.42 Å². The fourth-order valence-corrected chi connectivity index (χ4v) is 5.45. The molecule has 0 aromatic carbocycles. The molecule has 0 saturated heterocycles. The Bertz CT molecular complexity index is 546. The molecule has 0 unspecified atom stereocenters. The molecule has 0 radical (unpaired) electrons. The summed E-state index contributed by atoms with van der Waals surface area (Å²) in [6, 6.07) is 1.79. The Kier molecular flexibility index (Phi) is 6.22. The smallest absolute Gasteiger partial charge is 0.250 e. The zero-order valence-electron chi connectivity index (χ0n) is 12.9. The summed E-state index contributed by atoms with van der Waals surface area (Å²) < 4.78 is 27.9. The van der Waals surface area contributed by atoms with Crippen molar-refractivity contribution in [3.63, 3.8) is 0 Å². The zero-order valence-corrected chi connectivity index (χ0v) is 14.6. The highest BCUT2D eigenvalue weighted by Gasteiger charge is 2.20. The van der Waals surface area contributed by atoms with Gasteiger partial charge in [-0.25, -0.2) is 13.1 Å². The summed E-state index contributed by atoms with van der Waals surface area (Å²) >= 11 is 1.38. The van der Waals surface area contributed by atoms with Crippen molar-refractivity contribution in [2.24, 2.45) is 5.92 Å². The van der Waals surface area contributed by atoms with Gasteiger partial charge in [-0.2, -0.15) is 0 Å². The van der Waals surface area contributed by atoms with Crippen molar-refractivity contribution in [1.82, 2.24) is 10.0 Å². The average Bonchev–Trinajstić information content (AvgIpc) is 3.06. The lowest BCUT2D eigenvalue weighted by molar-refractivity contribution is 0.496. The molecule has 0 bridgehead atoms. The number of hydrogen-bond donors (Lipinski definition) is 2. The lowest BCUT2D eigenvalue weighted by atomic mass is 10.1. The van der Waals surface area contributed by atoms with E-state index in [2.05, 4.69) is 10.0 Å². The van der Waals surface area contributed by atoms with Crippen LogP contribution in [0.2, 0.25) is 0 Å². The highest BCUT2D eigenvalue weighted by atomic mass is 32.2. The monoisotopic (exact) mass is 330 g/mol. The maximum atomic E-state index is 12.3. The van der Waals surface area contributed by atoms with Gasteiger partial charge in [0.15, 0.2) is 0 Å². The van der Waals surface area contributed by atoms with Gasteiger partial charge in [0.05, 0.1) is 0 Å². The van der Waals surface area contributed by atoms with Crippen molar-refractivity contribution in [3.8, 4) is 0 Å². The van der Waals surface area contributed by atoms with Crippen LogP contribution in [-0.4, -0.2) is 21.5 Å². The average molecular weight is 331 g/mol. The van der Waals surface area contributed by atoms with Crippen molar-refractivity contribution >= 4 is 21.4 Å². The molecule has 1 heterocycles. The van der Waals surface area contributed by atoms with Gasteiger partial charge in [-0.1, -0.05) is 32.6 Å². The van der Waals surface area contributed by atoms with Gasteiger partial charge in [0, 0.05) is 18.0 Å². The molecule has 1 saturated carbocycles. The van der Waals surface area contributed by atoms with E-state index in [0.29, 0.717) is 16.7 Å². The molecule has 1 aromatic rings. The molecule has 21 heavy (non-hydrogen) atoms. The zero-order chi connectivity index (χ0) is 15.3. The Morgan fingerprint density at radius 2 is 2.05 bits per heavy atom. The van der Waals surface area contributed by atoms with E-state index >= 15 is 0 Å². The van der Waals surface area contributed by atoms with Crippen molar-refractivity contribution in [2.45, 2.75) is 56.7 Å². The standard InChI is InChI=1S/C15H26N2O2S2/c1-3-16-11-14-12(2)10-15(20-14)21(18,19)17-9-8-13-6-4-5-7-13/h10,13,16-17H,3-9,11H2,1-2H3. The predicted molar refractivity (Wildman–Crippen MR) is 88.2 cm³/mol. The topological polar surface area (TPSA) is 58.2 Å². The Balaban J connectivity index is 1.91. The number of aryl methyl sites for hydroxylation is 1. The van der Waals surface area contributed by atoms with E-state index in [9.17, 15) is 8.42 Å². The van der Waals surface area contributed by atoms with Gasteiger partial charge >= 0.3 is 0 Å². The van der Waals surface area contributed by atoms with Crippen LogP contribution in [0, 0.1) is 12.8 Å². The highest BCUT2D eigenvalue weighted by Crippen LogP contribution is 2.28. The molecular formula is C15H26N2O2S2. The third-order valence-electron chi connectivity index (χ3n) is 4.12. The minimum atomic E-state index is -3.34. The Hall–Kier alpha value is -0.430. The molecule has 0 aliphatic heterocycles. The molecule has 1 aliphatic carbocycles. The summed E-state index contributed by atoms with van der Waals surface area (Å²) in [4.78, 5) is 1.10. The third kappa shape index (κ3) is 4.77. The lowest BCUT2D eigenvalue weighted by Crippen LogP contribution is -2.25. The van der Waals surface area contributed by atoms with Gasteiger partial charge in [-0.15, -0.1) is 11.3 Å². The summed E-state index contributed by atoms with van der Waals surface area (Å²) in [5.41, 5.74) is 1.05. The molecule has 0 spiro atoms. The molecular weight excluding hydrogens is 304 g/mol. The minimum Gasteiger partial charge on any atom is -0.312 e. The van der Waals surface area contributed by atoms with Gasteiger partial charge < -0.3 is 5.32 Å². The largest absolute Gasteiger partial charge is 0.312 e. The van der Waals surface area contributed by atoms with Gasteiger partial charge in [0.1, 0.15) is 4.21 Å². The van der Waals surface area contributed by atoms with E-state index < -0.39 is 10.0 Å². The summed E-state index contributed by atoms with van der Waals surface area (Å²) in [7, 11) is -3.34. The predicted octanol–water partition coefficient (Wildman–Crippen LogP) is 3.02. The first-order chi connectivity index (χ1) is 10.0. The van der Waals surface area contributed by atoms with E-state index in [0.717, 1.165) is 30.0 Å². The normalized spacial score (nSPS) is 16.7. The minimum absolute atomic E-state index is 0.444. The summed E-state index contributed by atoms with van der Waals surface area (Å²) in [5, 5.41) is 3.25. The van der Waals surface area contributed by atoms with E-state index in [1.165, 1.54) is 37.0 Å². The van der Waals surface area contributed by atoms with E-state index in [1.807, 2.05) is 13.8 Å². The quantitative estimate of drug-likeness (QED) is 0.770. The Morgan fingerprint density at radius 1 is 1.33 bits per heavy atom. The molecule has 4 nitrogen and oxygen atoms in total. The lowest BCUT2D eigenvalue weighted by Gasteiger charge is -2.09. The molecule has 0 atom stereocenters. The van der Waals surface area contributed by atoms with Crippen molar-refractivity contribution in [2.75, 3.05) is 13.1 Å². The van der Waals surface area contributed by atoms with Crippen molar-refractivity contribution in [3.05, 3.63) is 16.5 Å². The SMILES string of the molecule is CCNCc1sc(S(=O)(=O)NCCC2CCCC2)cc1C. The second-order valence-electron chi connectivity index (χ2n) is 5.79. The van der Waals surface area contributed by atoms with Crippen LogP contribution in [0.4, 0.5) is 0 Å². The fourth-order valence-electron chi connectivity index (χ4n) is 2.80. The second-order valence-corrected chi connectivity index (χ2v) is 8.92. The van der Waals surface area contributed by atoms with Gasteiger partial charge in [-0.3, -0.25) is 0 Å². The van der Waals surface area contributed by atoms with Crippen LogP contribution in [0.1, 0.15) is 49.5 Å². The summed E-state index contributed by atoms with van der Waals surface area (Å²) in [5.74, 6) is 0.710. The van der Waals surface area contributed by atoms with E-state index in [-0.39, 0.29) is 0 Å². The molecule has 2 rings (SSSR count). The fraction of sp³-hybridized carbons (Fsp3) is 0.733. The molecule has 120 valence electrons. The molecule has 1 fully saturated rings. The van der Waals surface area contributed by atoms with E-state index in [1.54, 1.807) is 6.07 Å². The van der Waals surface area contributed by atoms with Gasteiger partial charge in [-0.05, 0) is 37.4 Å². The third-order valence-corrected chi connectivity index (χ3v) is 7.29. The van der Waals surface area contributed by atoms with Crippen LogP contribution >= 0.6 is 11.3 Å². The molecule has 0 amide bonds. The molecule has 2 N–H and O–H groups in total. The molecule has 6 heteroatoms. The maximum Gasteiger partial charge on any atom is 0.250 e. The Labute approximate surface area is 132 Å². The van der Waals surface area contributed by atoms with Crippen LogP contribution in [-0.2, 0) is 16.6 Å². The number of nitrogens with one attached hydrogen (secondary N) is 2. The second kappa shape index (κ2) is 7.72. The maximum absolute atomic E-state index is 12.3. The van der Waals surface area contributed by atoms with Crippen LogP contribution in [0.25, 0.3) is 0 Å². The summed E-state index contributed by atoms with van der Waals surface area (Å²) in [6.07, 6.45) is 6.08. The van der Waals surface area contributed by atoms with E-state index in [4.69, 9.17) is 0 Å². The van der Waals surface area contributed by atoms with Crippen LogP contribution in [0.3, 0.4) is 0 Å². The summed E-state index contributed by atoms with van der Waals surface area (Å²) in [6.45, 7) is 6.21. The number of thiophene rings is 1. The number of hydrogen-bond acceptors (Lipinski definition) is 4. The van der Waals surface area contributed by atoms with Crippen molar-refractivity contribution in [1.29, 1.82) is 0 Å². The molecule has 1 aliphatic rings. The van der Waals surface area contributed by atoms with Crippen LogP contribution < -0.4 is 10.0 Å². The highest BCUT2D eigenvalue weighted by molar-refractivity contribution is 7.91. The van der Waals surface area contributed by atoms with Crippen LogP contribution in [0.5, 0.6) is 0 Å². The van der Waals surface area contributed by atoms with Gasteiger partial charge in [0.2, 0.25) is 10.0 Å². The van der Waals surface area contributed by atoms with Gasteiger partial charge in [0.25, 0.3) is 0 Å². The van der Waals surface area contributed by atoms with Crippen LogP contribution in [0.15, 0.2) is 10.3 Å². The number of sulfonamides is 1.